The van der Waals surface area contributed by atoms with Crippen LogP contribution in [-0.4, -0.2) is 57.3 Å². The maximum atomic E-state index is 12.9. The highest BCUT2D eigenvalue weighted by Crippen LogP contribution is 2.29. The number of aliphatic imine (C=N–C) groups is 1. The molecular weight excluding hydrogens is 500 g/mol. The van der Waals surface area contributed by atoms with E-state index in [4.69, 9.17) is 0 Å². The number of amides is 2. The monoisotopic (exact) mass is 532 g/mol. The Morgan fingerprint density at radius 3 is 2.76 bits per heavy atom. The van der Waals surface area contributed by atoms with Crippen molar-refractivity contribution >= 4 is 41.8 Å². The van der Waals surface area contributed by atoms with E-state index < -0.39 is 0 Å². The predicted octanol–water partition coefficient (Wildman–Crippen LogP) is 4.50. The molecule has 0 radical (unpaired) electrons. The zero-order chi connectivity index (χ0) is 27.1. The van der Waals surface area contributed by atoms with Crippen molar-refractivity contribution < 1.29 is 14.7 Å². The number of likely N-dealkylation sites (tertiary alicyclic amines) is 1. The van der Waals surface area contributed by atoms with Crippen LogP contribution in [0.5, 0.6) is 5.75 Å². The number of phenolic OH excluding ortho intramolecular Hbond substituents is 1. The van der Waals surface area contributed by atoms with Gasteiger partial charge in [-0.1, -0.05) is 48.2 Å². The van der Waals surface area contributed by atoms with E-state index in [9.17, 15) is 14.7 Å². The van der Waals surface area contributed by atoms with E-state index in [-0.39, 0.29) is 23.6 Å². The van der Waals surface area contributed by atoms with Crippen LogP contribution in [0.15, 0.2) is 70.8 Å². The Morgan fingerprint density at radius 1 is 1.21 bits per heavy atom. The third kappa shape index (κ3) is 6.63. The normalized spacial score (nSPS) is 15.4. The number of hydrogen-bond donors (Lipinski definition) is 3. The van der Waals surface area contributed by atoms with E-state index in [1.165, 1.54) is 18.0 Å². The number of carbonyl (C=O) groups excluding carboxylic acids is 2. The van der Waals surface area contributed by atoms with Gasteiger partial charge in [-0.05, 0) is 44.2 Å². The van der Waals surface area contributed by atoms with E-state index in [1.54, 1.807) is 19.1 Å². The summed E-state index contributed by atoms with van der Waals surface area (Å²) in [6.45, 7) is 8.43. The number of nitrogens with one attached hydrogen (secondary N) is 2. The van der Waals surface area contributed by atoms with Crippen molar-refractivity contribution in [1.82, 2.24) is 14.7 Å². The number of anilines is 2. The molecule has 1 atom stereocenters. The van der Waals surface area contributed by atoms with Gasteiger partial charge in [-0.3, -0.25) is 19.3 Å². The fourth-order valence-corrected chi connectivity index (χ4v) is 5.04. The van der Waals surface area contributed by atoms with Gasteiger partial charge in [0.05, 0.1) is 28.9 Å². The van der Waals surface area contributed by atoms with Crippen molar-refractivity contribution in [3.8, 4) is 5.75 Å². The molecule has 10 heteroatoms. The number of aromatic nitrogens is 2. The first-order valence-electron chi connectivity index (χ1n) is 12.4. The quantitative estimate of drug-likeness (QED) is 0.201. The maximum Gasteiger partial charge on any atom is 0.263 e. The minimum absolute atomic E-state index is 0.120. The smallest absolute Gasteiger partial charge is 0.263 e. The lowest BCUT2D eigenvalue weighted by Gasteiger charge is -2.17. The summed E-state index contributed by atoms with van der Waals surface area (Å²) in [5.41, 5.74) is 3.04. The molecule has 1 aliphatic rings. The van der Waals surface area contributed by atoms with Crippen LogP contribution in [0, 0.1) is 13.8 Å². The first-order valence-corrected chi connectivity index (χ1v) is 13.3. The topological polar surface area (TPSA) is 112 Å². The molecular formula is C28H32N6O3S. The van der Waals surface area contributed by atoms with Crippen LogP contribution in [-0.2, 0) is 16.0 Å². The van der Waals surface area contributed by atoms with Gasteiger partial charge in [0.15, 0.2) is 0 Å². The molecule has 1 unspecified atom stereocenters. The number of benzene rings is 2. The molecule has 1 fully saturated rings. The van der Waals surface area contributed by atoms with Gasteiger partial charge in [-0.25, -0.2) is 0 Å². The molecule has 0 aliphatic carbocycles. The number of nitrogens with zero attached hydrogens (tertiary/aromatic N) is 4. The van der Waals surface area contributed by atoms with Crippen LogP contribution in [0.2, 0.25) is 0 Å². The molecule has 1 aromatic heterocycles. The van der Waals surface area contributed by atoms with Crippen molar-refractivity contribution in [3.63, 3.8) is 0 Å². The Hall–Kier alpha value is -4.05. The van der Waals surface area contributed by atoms with Crippen LogP contribution in [0.4, 0.5) is 11.5 Å². The molecule has 2 aromatic carbocycles. The van der Waals surface area contributed by atoms with Gasteiger partial charge in [0.1, 0.15) is 11.6 Å². The van der Waals surface area contributed by atoms with Crippen LogP contribution in [0.1, 0.15) is 29.2 Å². The lowest BCUT2D eigenvalue weighted by atomic mass is 10.1. The molecule has 0 spiro atoms. The average molecular weight is 533 g/mol. The molecule has 2 amide bonds. The molecule has 0 saturated carbocycles. The highest BCUT2D eigenvalue weighted by molar-refractivity contribution is 8.04. The second-order valence-corrected chi connectivity index (χ2v) is 10.1. The minimum atomic E-state index is -0.335. The lowest BCUT2D eigenvalue weighted by molar-refractivity contribution is -0.129. The number of phenols is 1. The summed E-state index contributed by atoms with van der Waals surface area (Å²) in [6, 6.07) is 15.1. The molecule has 0 bridgehead atoms. The second kappa shape index (κ2) is 12.5. The van der Waals surface area contributed by atoms with Gasteiger partial charge in [-0.2, -0.15) is 5.10 Å². The molecule has 1 aliphatic heterocycles. The standard InChI is InChI=1S/C28H32N6O3S/c1-19-9-10-23(35)20(2)27(19)31-28(37)24(16-29-3)38-18-30-25-12-14-34(32-25)22-11-13-33(17-22)26(36)15-21-7-5-4-6-8-21/h4-10,12,14,16,22,35H,3,11,13,15,17-18H2,1-2H3,(H,30,32)(H,31,37)/b24-16-. The summed E-state index contributed by atoms with van der Waals surface area (Å²) >= 11 is 1.27. The van der Waals surface area contributed by atoms with E-state index >= 15 is 0 Å². The molecule has 4 rings (SSSR count). The summed E-state index contributed by atoms with van der Waals surface area (Å²) in [7, 11) is 0. The van der Waals surface area contributed by atoms with E-state index in [1.807, 2.05) is 59.1 Å². The lowest BCUT2D eigenvalue weighted by Crippen LogP contribution is -2.30. The fraction of sp³-hybridized carbons (Fsp3) is 0.286. The maximum absolute atomic E-state index is 12.9. The molecule has 38 heavy (non-hydrogen) atoms. The van der Waals surface area contributed by atoms with Gasteiger partial charge < -0.3 is 20.6 Å². The first-order chi connectivity index (χ1) is 18.4. The number of aromatic hydroxyl groups is 1. The highest BCUT2D eigenvalue weighted by atomic mass is 32.2. The van der Waals surface area contributed by atoms with Crippen LogP contribution in [0.3, 0.4) is 0 Å². The number of hydrogen-bond acceptors (Lipinski definition) is 7. The van der Waals surface area contributed by atoms with Gasteiger partial charge >= 0.3 is 0 Å². The van der Waals surface area contributed by atoms with E-state index in [2.05, 4.69) is 27.4 Å². The Bertz CT molecular complexity index is 1340. The average Bonchev–Trinajstić information content (AvgIpc) is 3.59. The fourth-order valence-electron chi connectivity index (χ4n) is 4.34. The van der Waals surface area contributed by atoms with E-state index in [0.717, 1.165) is 17.5 Å². The zero-order valence-electron chi connectivity index (χ0n) is 21.6. The summed E-state index contributed by atoms with van der Waals surface area (Å²) in [5, 5.41) is 20.7. The highest BCUT2D eigenvalue weighted by Gasteiger charge is 2.28. The Labute approximate surface area is 226 Å². The van der Waals surface area contributed by atoms with E-state index in [0.29, 0.717) is 47.4 Å². The number of aryl methyl sites for hydroxylation is 1. The second-order valence-electron chi connectivity index (χ2n) is 9.12. The van der Waals surface area contributed by atoms with Crippen molar-refractivity contribution in [2.24, 2.45) is 4.99 Å². The minimum Gasteiger partial charge on any atom is -0.508 e. The zero-order valence-corrected chi connectivity index (χ0v) is 22.4. The summed E-state index contributed by atoms with van der Waals surface area (Å²) in [4.78, 5) is 31.6. The first kappa shape index (κ1) is 27.0. The van der Waals surface area contributed by atoms with Crippen molar-refractivity contribution in [2.75, 3.05) is 29.6 Å². The number of rotatable bonds is 10. The van der Waals surface area contributed by atoms with Gasteiger partial charge in [0.25, 0.3) is 5.91 Å². The summed E-state index contributed by atoms with van der Waals surface area (Å²) in [6.07, 6.45) is 4.57. The Morgan fingerprint density at radius 2 is 2.00 bits per heavy atom. The molecule has 9 nitrogen and oxygen atoms in total. The van der Waals surface area contributed by atoms with Crippen molar-refractivity contribution in [1.29, 1.82) is 0 Å². The van der Waals surface area contributed by atoms with Crippen LogP contribution < -0.4 is 10.6 Å². The molecule has 2 heterocycles. The molecule has 3 aromatic rings. The number of thioether (sulfide) groups is 1. The van der Waals surface area contributed by atoms with Gasteiger partial charge in [0.2, 0.25) is 5.91 Å². The van der Waals surface area contributed by atoms with Crippen molar-refractivity contribution in [2.45, 2.75) is 32.7 Å². The van der Waals surface area contributed by atoms with Gasteiger partial charge in [0, 0.05) is 37.1 Å². The van der Waals surface area contributed by atoms with Crippen molar-refractivity contribution in [3.05, 3.63) is 82.5 Å². The summed E-state index contributed by atoms with van der Waals surface area (Å²) < 4.78 is 1.89. The predicted molar refractivity (Wildman–Crippen MR) is 153 cm³/mol. The Kier molecular flexibility index (Phi) is 8.85. The molecule has 3 N–H and O–H groups in total. The largest absolute Gasteiger partial charge is 0.508 e. The third-order valence-electron chi connectivity index (χ3n) is 6.49. The molecule has 198 valence electrons. The Balaban J connectivity index is 1.29. The third-order valence-corrected chi connectivity index (χ3v) is 7.38. The summed E-state index contributed by atoms with van der Waals surface area (Å²) in [5.74, 6) is 0.977. The van der Waals surface area contributed by atoms with Gasteiger partial charge in [-0.15, -0.1) is 0 Å². The molecule has 1 saturated heterocycles. The van der Waals surface area contributed by atoms with Crippen LogP contribution in [0.25, 0.3) is 0 Å². The SMILES string of the molecule is C=N/C=C(\SCNc1ccn(C2CCN(C(=O)Cc3ccccc3)C2)n1)C(=O)Nc1c(C)ccc(O)c1C. The number of carbonyl (C=O) groups is 2. The van der Waals surface area contributed by atoms with Crippen LogP contribution >= 0.6 is 11.8 Å².